The van der Waals surface area contributed by atoms with E-state index in [-0.39, 0.29) is 10.6 Å². The molecule has 0 heterocycles. The molecule has 0 saturated heterocycles. The van der Waals surface area contributed by atoms with E-state index >= 15 is 0 Å². The van der Waals surface area contributed by atoms with Crippen LogP contribution in [0, 0.1) is 10.1 Å². The molecule has 5 nitrogen and oxygen atoms in total. The predicted molar refractivity (Wildman–Crippen MR) is 59.3 cm³/mol. The Labute approximate surface area is 87.6 Å². The SMILES string of the molecule is CNc1cc(NC2CC2)cc([N+](=O)[O-])c1. The van der Waals surface area contributed by atoms with E-state index in [0.717, 1.165) is 24.2 Å². The molecule has 2 rings (SSSR count). The molecular weight excluding hydrogens is 194 g/mol. The third-order valence-electron chi connectivity index (χ3n) is 2.37. The van der Waals surface area contributed by atoms with Crippen LogP contribution in [0.15, 0.2) is 18.2 Å². The van der Waals surface area contributed by atoms with Crippen LogP contribution in [-0.4, -0.2) is 18.0 Å². The van der Waals surface area contributed by atoms with E-state index in [1.54, 1.807) is 13.1 Å². The average molecular weight is 207 g/mol. The molecule has 80 valence electrons. The third-order valence-corrected chi connectivity index (χ3v) is 2.37. The molecule has 0 bridgehead atoms. The summed E-state index contributed by atoms with van der Waals surface area (Å²) >= 11 is 0. The number of benzene rings is 1. The van der Waals surface area contributed by atoms with Crippen molar-refractivity contribution < 1.29 is 4.92 Å². The van der Waals surface area contributed by atoms with Gasteiger partial charge in [-0.05, 0) is 18.9 Å². The second kappa shape index (κ2) is 3.76. The number of nitrogens with zero attached hydrogens (tertiary/aromatic N) is 1. The van der Waals surface area contributed by atoms with E-state index < -0.39 is 0 Å². The van der Waals surface area contributed by atoms with Crippen molar-refractivity contribution in [3.05, 3.63) is 28.3 Å². The lowest BCUT2D eigenvalue weighted by molar-refractivity contribution is -0.384. The number of non-ortho nitro benzene ring substituents is 1. The fourth-order valence-electron chi connectivity index (χ4n) is 1.41. The first kappa shape index (κ1) is 9.76. The van der Waals surface area contributed by atoms with Crippen molar-refractivity contribution in [1.82, 2.24) is 0 Å². The minimum absolute atomic E-state index is 0.116. The maximum absolute atomic E-state index is 10.7. The first-order valence-electron chi connectivity index (χ1n) is 4.93. The van der Waals surface area contributed by atoms with Crippen LogP contribution < -0.4 is 10.6 Å². The highest BCUT2D eigenvalue weighted by Gasteiger charge is 2.21. The highest BCUT2D eigenvalue weighted by atomic mass is 16.6. The maximum atomic E-state index is 10.7. The standard InChI is InChI=1S/C10H13N3O2/c1-11-8-4-9(12-7-2-3-7)6-10(5-8)13(14)15/h4-7,11-12H,2-3H2,1H3. The van der Waals surface area contributed by atoms with Gasteiger partial charge in [0.15, 0.2) is 0 Å². The molecule has 1 aliphatic rings. The molecule has 1 fully saturated rings. The maximum Gasteiger partial charge on any atom is 0.273 e. The topological polar surface area (TPSA) is 67.2 Å². The second-order valence-electron chi connectivity index (χ2n) is 3.69. The molecule has 0 atom stereocenters. The predicted octanol–water partition coefficient (Wildman–Crippen LogP) is 2.21. The zero-order valence-electron chi connectivity index (χ0n) is 8.49. The van der Waals surface area contributed by atoms with E-state index in [0.29, 0.717) is 6.04 Å². The lowest BCUT2D eigenvalue weighted by atomic mass is 10.2. The lowest BCUT2D eigenvalue weighted by Crippen LogP contribution is -2.02. The Kier molecular flexibility index (Phi) is 2.45. The zero-order valence-corrected chi connectivity index (χ0v) is 8.49. The Balaban J connectivity index is 2.27. The van der Waals surface area contributed by atoms with Gasteiger partial charge in [0.25, 0.3) is 5.69 Å². The highest BCUT2D eigenvalue weighted by Crippen LogP contribution is 2.29. The van der Waals surface area contributed by atoms with Gasteiger partial charge in [-0.1, -0.05) is 0 Å². The van der Waals surface area contributed by atoms with Crippen molar-refractivity contribution in [3.63, 3.8) is 0 Å². The summed E-state index contributed by atoms with van der Waals surface area (Å²) in [7, 11) is 1.75. The van der Waals surface area contributed by atoms with Gasteiger partial charge in [0, 0.05) is 36.6 Å². The van der Waals surface area contributed by atoms with Gasteiger partial charge in [-0.3, -0.25) is 10.1 Å². The quantitative estimate of drug-likeness (QED) is 0.586. The molecule has 1 aromatic rings. The molecule has 1 aromatic carbocycles. The van der Waals surface area contributed by atoms with Gasteiger partial charge in [-0.25, -0.2) is 0 Å². The Morgan fingerprint density at radius 2 is 2.00 bits per heavy atom. The molecule has 0 spiro atoms. The number of nitro benzene ring substituents is 1. The number of rotatable bonds is 4. The normalized spacial score (nSPS) is 14.7. The monoisotopic (exact) mass is 207 g/mol. The van der Waals surface area contributed by atoms with E-state index in [9.17, 15) is 10.1 Å². The summed E-state index contributed by atoms with van der Waals surface area (Å²) in [5.74, 6) is 0. The summed E-state index contributed by atoms with van der Waals surface area (Å²) in [6.45, 7) is 0. The molecule has 0 aliphatic heterocycles. The first-order valence-corrected chi connectivity index (χ1v) is 4.93. The number of hydrogen-bond acceptors (Lipinski definition) is 4. The largest absolute Gasteiger partial charge is 0.388 e. The smallest absolute Gasteiger partial charge is 0.273 e. The van der Waals surface area contributed by atoms with Gasteiger partial charge < -0.3 is 10.6 Å². The third kappa shape index (κ3) is 2.37. The first-order chi connectivity index (χ1) is 7.19. The van der Waals surface area contributed by atoms with E-state index in [1.807, 2.05) is 6.07 Å². The summed E-state index contributed by atoms with van der Waals surface area (Å²) in [6, 6.07) is 5.47. The molecular formula is C10H13N3O2. The second-order valence-corrected chi connectivity index (χ2v) is 3.69. The van der Waals surface area contributed by atoms with Gasteiger partial charge in [0.2, 0.25) is 0 Å². The van der Waals surface area contributed by atoms with E-state index in [2.05, 4.69) is 10.6 Å². The molecule has 1 aliphatic carbocycles. The molecule has 0 aromatic heterocycles. The fourth-order valence-corrected chi connectivity index (χ4v) is 1.41. The van der Waals surface area contributed by atoms with Crippen molar-refractivity contribution in [1.29, 1.82) is 0 Å². The van der Waals surface area contributed by atoms with Gasteiger partial charge in [-0.15, -0.1) is 0 Å². The van der Waals surface area contributed by atoms with Gasteiger partial charge >= 0.3 is 0 Å². The van der Waals surface area contributed by atoms with Crippen molar-refractivity contribution in [2.75, 3.05) is 17.7 Å². The van der Waals surface area contributed by atoms with Crippen LogP contribution in [0.5, 0.6) is 0 Å². The molecule has 5 heteroatoms. The summed E-state index contributed by atoms with van der Waals surface area (Å²) < 4.78 is 0. The lowest BCUT2D eigenvalue weighted by Gasteiger charge is -2.07. The van der Waals surface area contributed by atoms with Crippen molar-refractivity contribution in [2.24, 2.45) is 0 Å². The van der Waals surface area contributed by atoms with Gasteiger partial charge in [-0.2, -0.15) is 0 Å². The van der Waals surface area contributed by atoms with Crippen molar-refractivity contribution >= 4 is 17.1 Å². The molecule has 0 radical (unpaired) electrons. The van der Waals surface area contributed by atoms with Crippen LogP contribution >= 0.6 is 0 Å². The Bertz CT molecular complexity index is 388. The molecule has 0 unspecified atom stereocenters. The summed E-state index contributed by atoms with van der Waals surface area (Å²) in [6.07, 6.45) is 2.30. The fraction of sp³-hybridized carbons (Fsp3) is 0.400. The number of anilines is 2. The highest BCUT2D eigenvalue weighted by molar-refractivity contribution is 5.63. The molecule has 15 heavy (non-hydrogen) atoms. The van der Waals surface area contributed by atoms with Crippen molar-refractivity contribution in [2.45, 2.75) is 18.9 Å². The van der Waals surface area contributed by atoms with Crippen LogP contribution in [-0.2, 0) is 0 Å². The van der Waals surface area contributed by atoms with Crippen LogP contribution in [0.1, 0.15) is 12.8 Å². The van der Waals surface area contributed by atoms with Crippen LogP contribution in [0.25, 0.3) is 0 Å². The van der Waals surface area contributed by atoms with E-state index in [4.69, 9.17) is 0 Å². The Morgan fingerprint density at radius 3 is 2.53 bits per heavy atom. The van der Waals surface area contributed by atoms with Gasteiger partial charge in [0.1, 0.15) is 0 Å². The van der Waals surface area contributed by atoms with Crippen LogP contribution in [0.4, 0.5) is 17.1 Å². The summed E-state index contributed by atoms with van der Waals surface area (Å²) in [5, 5.41) is 16.8. The number of nitrogens with one attached hydrogen (secondary N) is 2. The van der Waals surface area contributed by atoms with Crippen molar-refractivity contribution in [3.8, 4) is 0 Å². The number of nitro groups is 1. The van der Waals surface area contributed by atoms with E-state index in [1.165, 1.54) is 6.07 Å². The Morgan fingerprint density at radius 1 is 1.33 bits per heavy atom. The minimum Gasteiger partial charge on any atom is -0.388 e. The van der Waals surface area contributed by atoms with Crippen LogP contribution in [0.2, 0.25) is 0 Å². The van der Waals surface area contributed by atoms with Crippen LogP contribution in [0.3, 0.4) is 0 Å². The molecule has 0 amide bonds. The molecule has 2 N–H and O–H groups in total. The Hall–Kier alpha value is -1.78. The summed E-state index contributed by atoms with van der Waals surface area (Å²) in [5.41, 5.74) is 1.69. The minimum atomic E-state index is -0.376. The zero-order chi connectivity index (χ0) is 10.8. The summed E-state index contributed by atoms with van der Waals surface area (Å²) in [4.78, 5) is 10.3. The van der Waals surface area contributed by atoms with Gasteiger partial charge in [0.05, 0.1) is 4.92 Å². The average Bonchev–Trinajstić information content (AvgIpc) is 3.01. The molecule has 1 saturated carbocycles. The number of hydrogen-bond donors (Lipinski definition) is 2.